The topological polar surface area (TPSA) is 59.1 Å². The fraction of sp³-hybridized carbons (Fsp3) is 0.267. The van der Waals surface area contributed by atoms with Crippen molar-refractivity contribution in [3.63, 3.8) is 0 Å². The number of nitrogens with one attached hydrogen (secondary N) is 1. The zero-order chi connectivity index (χ0) is 14.6. The number of nitrogens with zero attached hydrogens (tertiary/aromatic N) is 1. The van der Waals surface area contributed by atoms with Crippen molar-refractivity contribution < 1.29 is 8.42 Å². The number of rotatable bonds is 5. The molecule has 2 aromatic rings. The molecule has 1 atom stereocenters. The van der Waals surface area contributed by atoms with Crippen molar-refractivity contribution in [2.75, 3.05) is 4.72 Å². The molecule has 1 aromatic heterocycles. The first kappa shape index (κ1) is 14.5. The van der Waals surface area contributed by atoms with Gasteiger partial charge in [-0.05, 0) is 42.2 Å². The fourth-order valence-corrected chi connectivity index (χ4v) is 2.84. The van der Waals surface area contributed by atoms with Gasteiger partial charge in [0, 0.05) is 6.20 Å². The van der Waals surface area contributed by atoms with Crippen molar-refractivity contribution in [3.05, 3.63) is 54.2 Å². The average Bonchev–Trinajstić information content (AvgIpc) is 2.47. The molecule has 0 bridgehead atoms. The molecule has 20 heavy (non-hydrogen) atoms. The Labute approximate surface area is 119 Å². The van der Waals surface area contributed by atoms with E-state index >= 15 is 0 Å². The Morgan fingerprint density at radius 2 is 1.85 bits per heavy atom. The summed E-state index contributed by atoms with van der Waals surface area (Å²) in [7, 11) is -3.58. The van der Waals surface area contributed by atoms with Crippen LogP contribution in [0.1, 0.15) is 31.7 Å². The molecule has 0 amide bonds. The number of sulfonamides is 1. The number of aromatic nitrogens is 1. The Bertz CT molecular complexity index is 652. The Balaban J connectivity index is 2.22. The minimum Gasteiger partial charge on any atom is -0.263 e. The second-order valence-electron chi connectivity index (χ2n) is 4.70. The zero-order valence-electron chi connectivity index (χ0n) is 11.6. The summed E-state index contributed by atoms with van der Waals surface area (Å²) in [6, 6.07) is 12.1. The molecule has 5 heteroatoms. The van der Waals surface area contributed by atoms with Crippen LogP contribution in [0, 0.1) is 0 Å². The lowest BCUT2D eigenvalue weighted by Crippen LogP contribution is -2.13. The van der Waals surface area contributed by atoms with Gasteiger partial charge in [0.1, 0.15) is 5.82 Å². The van der Waals surface area contributed by atoms with Crippen LogP contribution in [0.15, 0.2) is 53.6 Å². The van der Waals surface area contributed by atoms with Crippen LogP contribution in [0.3, 0.4) is 0 Å². The van der Waals surface area contributed by atoms with E-state index in [2.05, 4.69) is 23.6 Å². The van der Waals surface area contributed by atoms with E-state index in [4.69, 9.17) is 0 Å². The number of benzene rings is 1. The molecule has 0 aliphatic rings. The molecule has 0 aliphatic heterocycles. The second-order valence-corrected chi connectivity index (χ2v) is 6.38. The minimum absolute atomic E-state index is 0.246. The van der Waals surface area contributed by atoms with E-state index in [1.54, 1.807) is 36.5 Å². The molecule has 0 saturated heterocycles. The van der Waals surface area contributed by atoms with Crippen molar-refractivity contribution in [3.8, 4) is 0 Å². The standard InChI is InChI=1S/C15H18N2O2S/c1-3-12(2)13-7-9-14(10-8-13)20(18,19)17-15-6-4-5-11-16-15/h4-12H,3H2,1-2H3,(H,16,17). The van der Waals surface area contributed by atoms with E-state index in [1.807, 2.05) is 12.1 Å². The number of hydrogen-bond donors (Lipinski definition) is 1. The summed E-state index contributed by atoms with van der Waals surface area (Å²) in [5, 5.41) is 0. The van der Waals surface area contributed by atoms with Crippen molar-refractivity contribution in [2.24, 2.45) is 0 Å². The third kappa shape index (κ3) is 3.36. The quantitative estimate of drug-likeness (QED) is 0.918. The van der Waals surface area contributed by atoms with E-state index in [0.717, 1.165) is 12.0 Å². The van der Waals surface area contributed by atoms with E-state index in [1.165, 1.54) is 0 Å². The lowest BCUT2D eigenvalue weighted by atomic mass is 9.99. The SMILES string of the molecule is CCC(C)c1ccc(S(=O)(=O)Nc2ccccn2)cc1. The van der Waals surface area contributed by atoms with Crippen LogP contribution in [-0.4, -0.2) is 13.4 Å². The van der Waals surface area contributed by atoms with Gasteiger partial charge in [0.25, 0.3) is 10.0 Å². The lowest BCUT2D eigenvalue weighted by Gasteiger charge is -2.11. The molecule has 1 heterocycles. The van der Waals surface area contributed by atoms with Gasteiger partial charge in [-0.15, -0.1) is 0 Å². The molecule has 1 aromatic carbocycles. The Morgan fingerprint density at radius 3 is 2.40 bits per heavy atom. The summed E-state index contributed by atoms with van der Waals surface area (Å²) in [5.41, 5.74) is 1.14. The van der Waals surface area contributed by atoms with E-state index in [-0.39, 0.29) is 4.90 Å². The molecule has 2 rings (SSSR count). The van der Waals surface area contributed by atoms with E-state index in [0.29, 0.717) is 11.7 Å². The number of pyridine rings is 1. The van der Waals surface area contributed by atoms with Crippen LogP contribution in [-0.2, 0) is 10.0 Å². The zero-order valence-corrected chi connectivity index (χ0v) is 12.4. The highest BCUT2D eigenvalue weighted by molar-refractivity contribution is 7.92. The van der Waals surface area contributed by atoms with Crippen molar-refractivity contribution in [1.29, 1.82) is 0 Å². The molecule has 0 spiro atoms. The first-order chi connectivity index (χ1) is 9.53. The van der Waals surface area contributed by atoms with Crippen LogP contribution < -0.4 is 4.72 Å². The van der Waals surface area contributed by atoms with Crippen LogP contribution >= 0.6 is 0 Å². The van der Waals surface area contributed by atoms with Crippen LogP contribution in [0.4, 0.5) is 5.82 Å². The van der Waals surface area contributed by atoms with Crippen molar-refractivity contribution >= 4 is 15.8 Å². The fourth-order valence-electron chi connectivity index (χ4n) is 1.83. The summed E-state index contributed by atoms with van der Waals surface area (Å²) in [4.78, 5) is 4.20. The van der Waals surface area contributed by atoms with Gasteiger partial charge in [-0.2, -0.15) is 0 Å². The first-order valence-corrected chi connectivity index (χ1v) is 8.05. The number of anilines is 1. The number of hydrogen-bond acceptors (Lipinski definition) is 3. The predicted octanol–water partition coefficient (Wildman–Crippen LogP) is 3.40. The summed E-state index contributed by atoms with van der Waals surface area (Å²) in [6.45, 7) is 4.23. The molecule has 0 radical (unpaired) electrons. The minimum atomic E-state index is -3.58. The molecule has 0 aliphatic carbocycles. The molecular formula is C15H18N2O2S. The average molecular weight is 290 g/mol. The third-order valence-corrected chi connectivity index (χ3v) is 4.65. The first-order valence-electron chi connectivity index (χ1n) is 6.56. The van der Waals surface area contributed by atoms with Gasteiger partial charge in [-0.1, -0.05) is 32.0 Å². The maximum Gasteiger partial charge on any atom is 0.263 e. The molecule has 1 N–H and O–H groups in total. The van der Waals surface area contributed by atoms with Gasteiger partial charge in [-0.3, -0.25) is 4.72 Å². The highest BCUT2D eigenvalue weighted by Gasteiger charge is 2.15. The predicted molar refractivity (Wildman–Crippen MR) is 80.2 cm³/mol. The van der Waals surface area contributed by atoms with Gasteiger partial charge >= 0.3 is 0 Å². The largest absolute Gasteiger partial charge is 0.263 e. The van der Waals surface area contributed by atoms with Gasteiger partial charge in [-0.25, -0.2) is 13.4 Å². The van der Waals surface area contributed by atoms with Crippen LogP contribution in [0.25, 0.3) is 0 Å². The highest BCUT2D eigenvalue weighted by atomic mass is 32.2. The molecule has 4 nitrogen and oxygen atoms in total. The lowest BCUT2D eigenvalue weighted by molar-refractivity contribution is 0.601. The third-order valence-electron chi connectivity index (χ3n) is 3.28. The van der Waals surface area contributed by atoms with Crippen molar-refractivity contribution in [1.82, 2.24) is 4.98 Å². The smallest absolute Gasteiger partial charge is 0.263 e. The maximum atomic E-state index is 12.2. The molecule has 1 unspecified atom stereocenters. The summed E-state index contributed by atoms with van der Waals surface area (Å²) < 4.78 is 26.9. The van der Waals surface area contributed by atoms with Crippen LogP contribution in [0.2, 0.25) is 0 Å². The van der Waals surface area contributed by atoms with Gasteiger partial charge in [0.05, 0.1) is 4.90 Å². The van der Waals surface area contributed by atoms with Gasteiger partial charge in [0.15, 0.2) is 0 Å². The Morgan fingerprint density at radius 1 is 1.15 bits per heavy atom. The molecule has 0 saturated carbocycles. The Kier molecular flexibility index (Phi) is 4.39. The van der Waals surface area contributed by atoms with Crippen molar-refractivity contribution in [2.45, 2.75) is 31.1 Å². The normalized spacial score (nSPS) is 12.9. The van der Waals surface area contributed by atoms with Crippen LogP contribution in [0.5, 0.6) is 0 Å². The second kappa shape index (κ2) is 6.05. The summed E-state index contributed by atoms with van der Waals surface area (Å²) >= 11 is 0. The van der Waals surface area contributed by atoms with E-state index < -0.39 is 10.0 Å². The molecular weight excluding hydrogens is 272 g/mol. The molecule has 0 fully saturated rings. The van der Waals surface area contributed by atoms with Gasteiger partial charge in [0.2, 0.25) is 0 Å². The highest BCUT2D eigenvalue weighted by Crippen LogP contribution is 2.21. The molecule has 106 valence electrons. The summed E-state index contributed by atoms with van der Waals surface area (Å²) in [6.07, 6.45) is 2.57. The monoisotopic (exact) mass is 290 g/mol. The van der Waals surface area contributed by atoms with E-state index in [9.17, 15) is 8.42 Å². The van der Waals surface area contributed by atoms with Gasteiger partial charge < -0.3 is 0 Å². The Hall–Kier alpha value is -1.88. The maximum absolute atomic E-state index is 12.2. The summed E-state index contributed by atoms with van der Waals surface area (Å²) in [5.74, 6) is 0.744.